The molecule has 0 N–H and O–H groups in total. The van der Waals surface area contributed by atoms with Gasteiger partial charge in [0.25, 0.3) is 0 Å². The standard InChI is InChI=1S/C21H25FN2O.C12H10F6O.C3H8O/c1-14-10-17(22)8-9-18(14)19-11-20(23-12-21(19)24(2)3)16-6-4-15(13-25)5-7-16;1-10(2,6-19)7-3-8(11(13,14)15)5-9(4-7)12(16,17)18;1-3-4-2/h8-13,15-16H,4-7H2,1-3H3;3-6H,1-2H3;3H2,1-2H3. The van der Waals surface area contributed by atoms with Crippen molar-refractivity contribution in [2.75, 3.05) is 32.7 Å². The van der Waals surface area contributed by atoms with E-state index >= 15 is 0 Å². The van der Waals surface area contributed by atoms with Crippen LogP contribution in [-0.2, 0) is 32.1 Å². The van der Waals surface area contributed by atoms with Crippen LogP contribution in [0.2, 0.25) is 0 Å². The summed E-state index contributed by atoms with van der Waals surface area (Å²) in [5.41, 5.74) is 0.546. The van der Waals surface area contributed by atoms with Crippen molar-refractivity contribution in [3.8, 4) is 11.1 Å². The summed E-state index contributed by atoms with van der Waals surface area (Å²) in [4.78, 5) is 28.5. The van der Waals surface area contributed by atoms with Crippen LogP contribution >= 0.6 is 0 Å². The first kappa shape index (κ1) is 40.4. The Morgan fingerprint density at radius 1 is 0.854 bits per heavy atom. The Morgan fingerprint density at radius 3 is 1.79 bits per heavy atom. The van der Waals surface area contributed by atoms with Gasteiger partial charge in [-0.2, -0.15) is 26.3 Å². The summed E-state index contributed by atoms with van der Waals surface area (Å²) in [7, 11) is 5.67. The lowest BCUT2D eigenvalue weighted by atomic mass is 9.80. The molecule has 1 aliphatic carbocycles. The molecular weight excluding hydrogens is 641 g/mol. The molecule has 1 heterocycles. The fourth-order valence-corrected chi connectivity index (χ4v) is 5.13. The second kappa shape index (κ2) is 17.0. The van der Waals surface area contributed by atoms with E-state index in [0.717, 1.165) is 66.6 Å². The Kier molecular flexibility index (Phi) is 14.3. The molecule has 1 aliphatic rings. The number of methoxy groups -OCH3 is 1. The molecule has 0 aliphatic heterocycles. The number of carbonyl (C=O) groups excluding carboxylic acids is 2. The van der Waals surface area contributed by atoms with Crippen LogP contribution < -0.4 is 4.90 Å². The highest BCUT2D eigenvalue weighted by Gasteiger charge is 2.38. The number of hydrogen-bond donors (Lipinski definition) is 0. The minimum Gasteiger partial charge on any atom is -0.385 e. The van der Waals surface area contributed by atoms with Crippen molar-refractivity contribution in [1.29, 1.82) is 0 Å². The van der Waals surface area contributed by atoms with Gasteiger partial charge < -0.3 is 19.2 Å². The first-order chi connectivity index (χ1) is 22.3. The smallest absolute Gasteiger partial charge is 0.385 e. The third-order valence-electron chi connectivity index (χ3n) is 8.16. The highest BCUT2D eigenvalue weighted by atomic mass is 19.4. The zero-order valence-electron chi connectivity index (χ0n) is 28.2. The normalized spacial score (nSPS) is 16.5. The molecule has 0 unspecified atom stereocenters. The minimum atomic E-state index is -4.91. The number of rotatable bonds is 7. The first-order valence-corrected chi connectivity index (χ1v) is 15.4. The monoisotopic (exact) mass is 684 g/mol. The number of aromatic nitrogens is 1. The Balaban J connectivity index is 0.000000310. The molecule has 5 nitrogen and oxygen atoms in total. The largest absolute Gasteiger partial charge is 0.416 e. The van der Waals surface area contributed by atoms with Crippen LogP contribution in [0, 0.1) is 18.7 Å². The van der Waals surface area contributed by atoms with E-state index in [9.17, 15) is 40.3 Å². The summed E-state index contributed by atoms with van der Waals surface area (Å²) in [6.07, 6.45) is -2.62. The van der Waals surface area contributed by atoms with Crippen molar-refractivity contribution in [2.24, 2.45) is 5.92 Å². The molecule has 48 heavy (non-hydrogen) atoms. The van der Waals surface area contributed by atoms with E-state index in [1.165, 1.54) is 19.9 Å². The molecule has 0 bridgehead atoms. The average Bonchev–Trinajstić information content (AvgIpc) is 3.04. The lowest BCUT2D eigenvalue weighted by Crippen LogP contribution is -2.21. The fraction of sp³-hybridized carbons (Fsp3) is 0.472. The molecule has 1 fully saturated rings. The van der Waals surface area contributed by atoms with E-state index < -0.39 is 28.9 Å². The lowest BCUT2D eigenvalue weighted by Gasteiger charge is -2.26. The molecule has 0 amide bonds. The van der Waals surface area contributed by atoms with Crippen molar-refractivity contribution in [3.63, 3.8) is 0 Å². The number of halogens is 7. The van der Waals surface area contributed by atoms with Gasteiger partial charge >= 0.3 is 12.4 Å². The van der Waals surface area contributed by atoms with Crippen molar-refractivity contribution in [3.05, 3.63) is 82.4 Å². The third-order valence-corrected chi connectivity index (χ3v) is 8.16. The molecule has 1 aromatic heterocycles. The van der Waals surface area contributed by atoms with E-state index in [4.69, 9.17) is 4.98 Å². The molecule has 2 aromatic carbocycles. The van der Waals surface area contributed by atoms with Gasteiger partial charge in [0.15, 0.2) is 0 Å². The van der Waals surface area contributed by atoms with Crippen molar-refractivity contribution in [2.45, 2.75) is 77.1 Å². The maximum atomic E-state index is 13.5. The number of nitrogens with zero attached hydrogens (tertiary/aromatic N) is 2. The van der Waals surface area contributed by atoms with E-state index in [1.54, 1.807) is 13.2 Å². The van der Waals surface area contributed by atoms with Crippen LogP contribution in [0.5, 0.6) is 0 Å². The van der Waals surface area contributed by atoms with Crippen LogP contribution in [0.4, 0.5) is 36.4 Å². The highest BCUT2D eigenvalue weighted by Crippen LogP contribution is 2.40. The van der Waals surface area contributed by atoms with Crippen LogP contribution in [0.1, 0.15) is 80.3 Å². The van der Waals surface area contributed by atoms with Gasteiger partial charge in [-0.1, -0.05) is 6.07 Å². The van der Waals surface area contributed by atoms with E-state index in [0.29, 0.717) is 24.3 Å². The lowest BCUT2D eigenvalue weighted by molar-refractivity contribution is -0.143. The molecule has 1 saturated carbocycles. The fourth-order valence-electron chi connectivity index (χ4n) is 5.13. The Labute approximate surface area is 277 Å². The molecule has 264 valence electrons. The molecule has 0 saturated heterocycles. The van der Waals surface area contributed by atoms with Gasteiger partial charge in [0.2, 0.25) is 0 Å². The number of aryl methyl sites for hydroxylation is 1. The molecule has 0 atom stereocenters. The summed E-state index contributed by atoms with van der Waals surface area (Å²) in [5.74, 6) is 0.386. The maximum absolute atomic E-state index is 13.5. The van der Waals surface area contributed by atoms with Crippen molar-refractivity contribution >= 4 is 18.3 Å². The zero-order valence-corrected chi connectivity index (χ0v) is 28.2. The van der Waals surface area contributed by atoms with Crippen molar-refractivity contribution < 1.29 is 45.1 Å². The number of hydrogen-bond acceptors (Lipinski definition) is 5. The predicted octanol–water partition coefficient (Wildman–Crippen LogP) is 9.59. The maximum Gasteiger partial charge on any atom is 0.416 e. The minimum absolute atomic E-state index is 0.0321. The second-order valence-corrected chi connectivity index (χ2v) is 12.4. The van der Waals surface area contributed by atoms with Crippen LogP contribution in [0.3, 0.4) is 0 Å². The quantitative estimate of drug-likeness (QED) is 0.183. The topological polar surface area (TPSA) is 59.5 Å². The van der Waals surface area contributed by atoms with Crippen LogP contribution in [0.25, 0.3) is 11.1 Å². The van der Waals surface area contributed by atoms with Gasteiger partial charge in [-0.05, 0) is 106 Å². The Hall–Kier alpha value is -3.80. The second-order valence-electron chi connectivity index (χ2n) is 12.4. The number of benzene rings is 2. The van der Waals surface area contributed by atoms with E-state index in [-0.39, 0.29) is 23.4 Å². The van der Waals surface area contributed by atoms with Gasteiger partial charge in [0.05, 0.1) is 23.0 Å². The molecule has 0 radical (unpaired) electrons. The number of alkyl halides is 6. The molecule has 12 heteroatoms. The van der Waals surface area contributed by atoms with Gasteiger partial charge in [-0.15, -0.1) is 0 Å². The molecular formula is C36H43F7N2O3. The van der Waals surface area contributed by atoms with Gasteiger partial charge in [-0.25, -0.2) is 4.39 Å². The zero-order chi connectivity index (χ0) is 36.4. The summed E-state index contributed by atoms with van der Waals surface area (Å²) < 4.78 is 93.5. The third kappa shape index (κ3) is 11.1. The van der Waals surface area contributed by atoms with E-state index in [2.05, 4.69) is 10.8 Å². The molecule has 0 spiro atoms. The molecule has 4 rings (SSSR count). The summed E-state index contributed by atoms with van der Waals surface area (Å²) in [6, 6.07) is 8.24. The SMILES string of the molecule is CC(C)(C=O)c1cc(C(F)(F)F)cc(C(F)(F)F)c1.CCOC.Cc1cc(F)ccc1-c1cc(C2CCC(C=O)CC2)ncc1N(C)C. The predicted molar refractivity (Wildman–Crippen MR) is 173 cm³/mol. The number of aldehydes is 2. The van der Waals surface area contributed by atoms with E-state index in [1.807, 2.05) is 45.1 Å². The first-order valence-electron chi connectivity index (χ1n) is 15.4. The summed E-state index contributed by atoms with van der Waals surface area (Å²) in [5, 5.41) is 0. The van der Waals surface area contributed by atoms with Gasteiger partial charge in [-0.3, -0.25) is 4.98 Å². The number of anilines is 1. The van der Waals surface area contributed by atoms with Crippen LogP contribution in [-0.4, -0.2) is 45.4 Å². The molecule has 3 aromatic rings. The highest BCUT2D eigenvalue weighted by molar-refractivity contribution is 5.80. The summed E-state index contributed by atoms with van der Waals surface area (Å²) in [6.45, 7) is 7.21. The number of carbonyl (C=O) groups is 2. The number of ether oxygens (including phenoxy) is 1. The Morgan fingerprint density at radius 2 is 1.38 bits per heavy atom. The Bertz CT molecular complexity index is 1480. The van der Waals surface area contributed by atoms with Crippen LogP contribution in [0.15, 0.2) is 48.7 Å². The van der Waals surface area contributed by atoms with Crippen molar-refractivity contribution in [1.82, 2.24) is 4.98 Å². The van der Waals surface area contributed by atoms with Gasteiger partial charge in [0.1, 0.15) is 18.4 Å². The van der Waals surface area contributed by atoms with Gasteiger partial charge in [0, 0.05) is 56.3 Å². The average molecular weight is 685 g/mol. The number of pyridine rings is 1. The summed E-state index contributed by atoms with van der Waals surface area (Å²) >= 11 is 0.